The van der Waals surface area contributed by atoms with Crippen molar-refractivity contribution in [1.82, 2.24) is 4.90 Å². The normalized spacial score (nSPS) is 18.3. The van der Waals surface area contributed by atoms with E-state index in [2.05, 4.69) is 5.32 Å². The molecule has 1 aromatic rings. The largest absolute Gasteiger partial charge is 0.493 e. The lowest BCUT2D eigenvalue weighted by Gasteiger charge is -2.33. The van der Waals surface area contributed by atoms with Crippen molar-refractivity contribution in [3.63, 3.8) is 0 Å². The van der Waals surface area contributed by atoms with Crippen molar-refractivity contribution in [1.29, 1.82) is 0 Å². The van der Waals surface area contributed by atoms with Crippen molar-refractivity contribution in [2.75, 3.05) is 39.9 Å². The maximum atomic E-state index is 11.3. The molecule has 0 aliphatic carbocycles. The Balaban J connectivity index is 2.12. The minimum atomic E-state index is -0.767. The zero-order valence-electron chi connectivity index (χ0n) is 13.8. The molecule has 128 valence electrons. The molecule has 2 N–H and O–H groups in total. The summed E-state index contributed by atoms with van der Waals surface area (Å²) in [5.41, 5.74) is 0.786. The molecule has 0 aromatic heterocycles. The molecule has 0 spiro atoms. The van der Waals surface area contributed by atoms with Crippen LogP contribution in [0.5, 0.6) is 17.2 Å². The molecular weight excluding hydrogens is 300 g/mol. The van der Waals surface area contributed by atoms with Gasteiger partial charge in [-0.3, -0.25) is 9.69 Å². The molecular formula is C16H24N2O5. The molecule has 0 amide bonds. The highest BCUT2D eigenvalue weighted by Gasteiger charge is 2.28. The monoisotopic (exact) mass is 324 g/mol. The molecule has 1 atom stereocenters. The number of nitrogens with one attached hydrogen (secondary N) is 1. The van der Waals surface area contributed by atoms with E-state index in [-0.39, 0.29) is 0 Å². The maximum absolute atomic E-state index is 11.3. The molecule has 1 heterocycles. The van der Waals surface area contributed by atoms with Crippen LogP contribution in [-0.4, -0.2) is 56.6 Å². The first kappa shape index (κ1) is 17.2. The van der Waals surface area contributed by atoms with Crippen molar-refractivity contribution in [2.45, 2.75) is 25.3 Å². The zero-order valence-corrected chi connectivity index (χ0v) is 13.8. The first-order valence-corrected chi connectivity index (χ1v) is 7.61. The number of ether oxygens (including phenoxy) is 3. The van der Waals surface area contributed by atoms with Crippen LogP contribution in [0.3, 0.4) is 0 Å². The minimum absolute atomic E-state index is 0.432. The van der Waals surface area contributed by atoms with Crippen LogP contribution in [0.4, 0.5) is 5.69 Å². The number of carboxylic acids is 1. The molecule has 0 unspecified atom stereocenters. The SMILES string of the molecule is COc1cc(NCN2CCCC[C@H]2C(=O)O)cc(OC)c1OC. The standard InChI is InChI=1S/C16H24N2O5/c1-21-13-8-11(9-14(22-2)15(13)23-3)17-10-18-7-5-4-6-12(18)16(19)20/h8-9,12,17H,4-7,10H2,1-3H3,(H,19,20)/t12-/m0/s1. The number of nitrogens with zero attached hydrogens (tertiary/aromatic N) is 1. The Morgan fingerprint density at radius 1 is 1.22 bits per heavy atom. The van der Waals surface area contributed by atoms with E-state index in [9.17, 15) is 9.90 Å². The molecule has 0 saturated carbocycles. The Morgan fingerprint density at radius 3 is 2.39 bits per heavy atom. The van der Waals surface area contributed by atoms with Crippen LogP contribution < -0.4 is 19.5 Å². The van der Waals surface area contributed by atoms with Crippen molar-refractivity contribution in [2.24, 2.45) is 0 Å². The Kier molecular flexibility index (Phi) is 5.92. The van der Waals surface area contributed by atoms with Gasteiger partial charge in [-0.05, 0) is 12.8 Å². The summed E-state index contributed by atoms with van der Waals surface area (Å²) in [6.07, 6.45) is 2.66. The van der Waals surface area contributed by atoms with Gasteiger partial charge in [0.05, 0.1) is 28.0 Å². The number of likely N-dealkylation sites (tertiary alicyclic amines) is 1. The fourth-order valence-corrected chi connectivity index (χ4v) is 2.84. The van der Waals surface area contributed by atoms with E-state index < -0.39 is 12.0 Å². The Morgan fingerprint density at radius 2 is 1.87 bits per heavy atom. The zero-order chi connectivity index (χ0) is 16.8. The van der Waals surface area contributed by atoms with Crippen LogP contribution in [0, 0.1) is 0 Å². The summed E-state index contributed by atoms with van der Waals surface area (Å²) in [5, 5.41) is 12.6. The molecule has 1 saturated heterocycles. The number of anilines is 1. The molecule has 7 nitrogen and oxygen atoms in total. The van der Waals surface area contributed by atoms with Gasteiger partial charge in [-0.15, -0.1) is 0 Å². The fraction of sp³-hybridized carbons (Fsp3) is 0.562. The molecule has 1 aliphatic rings. The van der Waals surface area contributed by atoms with Gasteiger partial charge in [-0.25, -0.2) is 0 Å². The van der Waals surface area contributed by atoms with Crippen LogP contribution in [-0.2, 0) is 4.79 Å². The second kappa shape index (κ2) is 7.92. The predicted molar refractivity (Wildman–Crippen MR) is 86.6 cm³/mol. The molecule has 1 aliphatic heterocycles. The Labute approximate surface area is 136 Å². The Bertz CT molecular complexity index is 524. The summed E-state index contributed by atoms with van der Waals surface area (Å²) in [6.45, 7) is 1.23. The molecule has 7 heteroatoms. The summed E-state index contributed by atoms with van der Waals surface area (Å²) < 4.78 is 15.9. The third-order valence-corrected chi connectivity index (χ3v) is 4.05. The predicted octanol–water partition coefficient (Wildman–Crippen LogP) is 2.02. The van der Waals surface area contributed by atoms with Crippen molar-refractivity contribution in [3.8, 4) is 17.2 Å². The van der Waals surface area contributed by atoms with Gasteiger partial charge >= 0.3 is 5.97 Å². The lowest BCUT2D eigenvalue weighted by molar-refractivity contribution is -0.144. The van der Waals surface area contributed by atoms with Gasteiger partial charge in [-0.1, -0.05) is 6.42 Å². The first-order valence-electron chi connectivity index (χ1n) is 7.61. The number of benzene rings is 1. The topological polar surface area (TPSA) is 80.3 Å². The summed E-state index contributed by atoms with van der Waals surface area (Å²) in [7, 11) is 4.68. The minimum Gasteiger partial charge on any atom is -0.493 e. The third-order valence-electron chi connectivity index (χ3n) is 4.05. The van der Waals surface area contributed by atoms with Crippen molar-refractivity contribution < 1.29 is 24.1 Å². The third kappa shape index (κ3) is 3.98. The maximum Gasteiger partial charge on any atom is 0.320 e. The van der Waals surface area contributed by atoms with E-state index in [1.807, 2.05) is 4.90 Å². The highest BCUT2D eigenvalue weighted by molar-refractivity contribution is 5.73. The Hall–Kier alpha value is -2.15. The van der Waals surface area contributed by atoms with Gasteiger partial charge in [0.2, 0.25) is 5.75 Å². The average Bonchev–Trinajstić information content (AvgIpc) is 2.58. The number of rotatable bonds is 7. The summed E-state index contributed by atoms with van der Waals surface area (Å²) in [6, 6.07) is 3.18. The second-order valence-electron chi connectivity index (χ2n) is 5.41. The molecule has 1 aromatic carbocycles. The van der Waals surface area contributed by atoms with Crippen LogP contribution in [0.1, 0.15) is 19.3 Å². The smallest absolute Gasteiger partial charge is 0.320 e. The second-order valence-corrected chi connectivity index (χ2v) is 5.41. The van der Waals surface area contributed by atoms with Gasteiger partial charge in [0, 0.05) is 24.4 Å². The van der Waals surface area contributed by atoms with E-state index in [1.54, 1.807) is 33.5 Å². The molecule has 23 heavy (non-hydrogen) atoms. The quantitative estimate of drug-likeness (QED) is 0.794. The van der Waals surface area contributed by atoms with Crippen LogP contribution in [0.2, 0.25) is 0 Å². The van der Waals surface area contributed by atoms with Crippen LogP contribution >= 0.6 is 0 Å². The number of carboxylic acid groups (broad SMARTS) is 1. The van der Waals surface area contributed by atoms with Crippen molar-refractivity contribution in [3.05, 3.63) is 12.1 Å². The number of methoxy groups -OCH3 is 3. The highest BCUT2D eigenvalue weighted by atomic mass is 16.5. The molecule has 0 radical (unpaired) electrons. The van der Waals surface area contributed by atoms with E-state index in [1.165, 1.54) is 0 Å². The van der Waals surface area contributed by atoms with Crippen molar-refractivity contribution >= 4 is 11.7 Å². The summed E-state index contributed by atoms with van der Waals surface area (Å²) in [5.74, 6) is 0.879. The number of carbonyl (C=O) groups is 1. The lowest BCUT2D eigenvalue weighted by Crippen LogP contribution is -2.46. The average molecular weight is 324 g/mol. The van der Waals surface area contributed by atoms with E-state index in [0.29, 0.717) is 30.3 Å². The van der Waals surface area contributed by atoms with Gasteiger partial charge in [0.15, 0.2) is 11.5 Å². The molecule has 0 bridgehead atoms. The number of hydrogen-bond donors (Lipinski definition) is 2. The summed E-state index contributed by atoms with van der Waals surface area (Å²) >= 11 is 0. The first-order chi connectivity index (χ1) is 11.1. The van der Waals surface area contributed by atoms with Gasteiger partial charge in [0.25, 0.3) is 0 Å². The summed E-state index contributed by atoms with van der Waals surface area (Å²) in [4.78, 5) is 13.3. The van der Waals surface area contributed by atoms with E-state index in [4.69, 9.17) is 14.2 Å². The van der Waals surface area contributed by atoms with E-state index >= 15 is 0 Å². The molecule has 2 rings (SSSR count). The number of aliphatic carboxylic acids is 1. The van der Waals surface area contributed by atoms with E-state index in [0.717, 1.165) is 25.1 Å². The fourth-order valence-electron chi connectivity index (χ4n) is 2.84. The van der Waals surface area contributed by atoms with Crippen LogP contribution in [0.25, 0.3) is 0 Å². The van der Waals surface area contributed by atoms with Gasteiger partial charge in [0.1, 0.15) is 6.04 Å². The van der Waals surface area contributed by atoms with Gasteiger partial charge in [-0.2, -0.15) is 0 Å². The van der Waals surface area contributed by atoms with Gasteiger partial charge < -0.3 is 24.6 Å². The number of hydrogen-bond acceptors (Lipinski definition) is 6. The lowest BCUT2D eigenvalue weighted by atomic mass is 10.0. The number of piperidine rings is 1. The van der Waals surface area contributed by atoms with Crippen LogP contribution in [0.15, 0.2) is 12.1 Å². The highest BCUT2D eigenvalue weighted by Crippen LogP contribution is 2.39. The molecule has 1 fully saturated rings.